The Labute approximate surface area is 194 Å². The van der Waals surface area contributed by atoms with Crippen molar-refractivity contribution in [3.8, 4) is 0 Å². The normalized spacial score (nSPS) is 16.9. The Kier molecular flexibility index (Phi) is 10.4. The Hall–Kier alpha value is -1.30. The predicted octanol–water partition coefficient (Wildman–Crippen LogP) is 5.80. The molecule has 1 atom stereocenters. The fourth-order valence-corrected chi connectivity index (χ4v) is 3.92. The fraction of sp³-hybridized carbons (Fsp3) is 0.435. The summed E-state index contributed by atoms with van der Waals surface area (Å²) < 4.78 is 11.5. The number of rotatable bonds is 8. The summed E-state index contributed by atoms with van der Waals surface area (Å²) in [5, 5.41) is 1.39. The van der Waals surface area contributed by atoms with Crippen LogP contribution in [0.1, 0.15) is 37.0 Å². The smallest absolute Gasteiger partial charge is 0.310 e. The quantitative estimate of drug-likeness (QED) is 0.455. The van der Waals surface area contributed by atoms with Gasteiger partial charge < -0.3 is 14.4 Å². The number of halogens is 3. The summed E-state index contributed by atoms with van der Waals surface area (Å²) >= 11 is 12.1. The molecule has 0 radical (unpaired) electrons. The molecule has 164 valence electrons. The second kappa shape index (κ2) is 12.5. The van der Waals surface area contributed by atoms with Crippen molar-refractivity contribution >= 4 is 41.6 Å². The first kappa shape index (κ1) is 25.0. The summed E-state index contributed by atoms with van der Waals surface area (Å²) in [5.74, 6) is -0.120. The average Bonchev–Trinajstić information content (AvgIpc) is 2.73. The van der Waals surface area contributed by atoms with Crippen LogP contribution in [0, 0.1) is 5.92 Å². The van der Waals surface area contributed by atoms with Crippen LogP contribution >= 0.6 is 35.6 Å². The summed E-state index contributed by atoms with van der Waals surface area (Å²) in [6.45, 7) is 5.32. The molecule has 1 saturated heterocycles. The van der Waals surface area contributed by atoms with Gasteiger partial charge in [-0.05, 0) is 61.7 Å². The lowest BCUT2D eigenvalue weighted by molar-refractivity contribution is -0.150. The number of benzene rings is 2. The number of nitrogens with zero attached hydrogens (tertiary/aromatic N) is 1. The van der Waals surface area contributed by atoms with Gasteiger partial charge in [-0.25, -0.2) is 0 Å². The van der Waals surface area contributed by atoms with E-state index in [2.05, 4.69) is 4.90 Å². The zero-order valence-corrected chi connectivity index (χ0v) is 19.4. The van der Waals surface area contributed by atoms with Crippen molar-refractivity contribution in [2.24, 2.45) is 5.92 Å². The van der Waals surface area contributed by atoms with Gasteiger partial charge in [0.2, 0.25) is 0 Å². The molecule has 0 bridgehead atoms. The van der Waals surface area contributed by atoms with Crippen LogP contribution in [-0.4, -0.2) is 43.7 Å². The van der Waals surface area contributed by atoms with Gasteiger partial charge >= 0.3 is 5.97 Å². The van der Waals surface area contributed by atoms with Crippen LogP contribution in [0.3, 0.4) is 0 Å². The van der Waals surface area contributed by atoms with Crippen LogP contribution in [0.2, 0.25) is 10.0 Å². The number of hydrogen-bond donors (Lipinski definition) is 0. The Bertz CT molecular complexity index is 738. The van der Waals surface area contributed by atoms with Gasteiger partial charge in [0.15, 0.2) is 0 Å². The third-order valence-corrected chi connectivity index (χ3v) is 5.67. The summed E-state index contributed by atoms with van der Waals surface area (Å²) in [6, 6.07) is 15.4. The van der Waals surface area contributed by atoms with E-state index in [0.29, 0.717) is 23.3 Å². The fourth-order valence-electron chi connectivity index (χ4n) is 3.67. The maximum atomic E-state index is 12.0. The molecule has 1 fully saturated rings. The van der Waals surface area contributed by atoms with Gasteiger partial charge in [-0.3, -0.25) is 4.79 Å². The lowest BCUT2D eigenvalue weighted by Gasteiger charge is -2.31. The van der Waals surface area contributed by atoms with E-state index in [1.807, 2.05) is 55.5 Å². The van der Waals surface area contributed by atoms with E-state index in [0.717, 1.165) is 43.6 Å². The Morgan fingerprint density at radius 2 is 1.63 bits per heavy atom. The largest absolute Gasteiger partial charge is 0.466 e. The molecule has 1 aliphatic heterocycles. The molecule has 4 nitrogen and oxygen atoms in total. The summed E-state index contributed by atoms with van der Waals surface area (Å²) in [6.07, 6.45) is 1.70. The zero-order chi connectivity index (χ0) is 20.6. The molecule has 1 aliphatic rings. The highest BCUT2D eigenvalue weighted by molar-refractivity contribution is 6.30. The molecule has 1 heterocycles. The summed E-state index contributed by atoms with van der Waals surface area (Å²) in [7, 11) is 0. The minimum Gasteiger partial charge on any atom is -0.466 e. The van der Waals surface area contributed by atoms with E-state index in [-0.39, 0.29) is 30.4 Å². The van der Waals surface area contributed by atoms with Gasteiger partial charge in [0.25, 0.3) is 0 Å². The van der Waals surface area contributed by atoms with E-state index >= 15 is 0 Å². The van der Waals surface area contributed by atoms with E-state index in [1.54, 1.807) is 0 Å². The SMILES string of the molecule is CCOC(=O)C1CCCN(CCOC(c2ccc(Cl)cc2)c2ccc(Cl)cc2)C1.Cl. The van der Waals surface area contributed by atoms with Gasteiger partial charge in [0.05, 0.1) is 19.1 Å². The van der Waals surface area contributed by atoms with Crippen LogP contribution in [0.25, 0.3) is 0 Å². The van der Waals surface area contributed by atoms with Gasteiger partial charge in [-0.15, -0.1) is 12.4 Å². The molecule has 7 heteroatoms. The highest BCUT2D eigenvalue weighted by atomic mass is 35.5. The number of esters is 1. The summed E-state index contributed by atoms with van der Waals surface area (Å²) in [5.41, 5.74) is 2.08. The number of carbonyl (C=O) groups excluding carboxylic acids is 1. The molecule has 2 aromatic rings. The van der Waals surface area contributed by atoms with Crippen molar-refractivity contribution in [3.63, 3.8) is 0 Å². The van der Waals surface area contributed by atoms with Crippen LogP contribution in [-0.2, 0) is 14.3 Å². The maximum Gasteiger partial charge on any atom is 0.310 e. The zero-order valence-electron chi connectivity index (χ0n) is 17.1. The van der Waals surface area contributed by atoms with Gasteiger partial charge in [-0.1, -0.05) is 47.5 Å². The Morgan fingerprint density at radius 1 is 1.07 bits per heavy atom. The van der Waals surface area contributed by atoms with Gasteiger partial charge in [0, 0.05) is 23.1 Å². The van der Waals surface area contributed by atoms with Crippen molar-refractivity contribution in [1.29, 1.82) is 0 Å². The number of carbonyl (C=O) groups is 1. The highest BCUT2D eigenvalue weighted by Gasteiger charge is 2.26. The molecular formula is C23H28Cl3NO3. The third-order valence-electron chi connectivity index (χ3n) is 5.16. The topological polar surface area (TPSA) is 38.8 Å². The molecule has 0 aromatic heterocycles. The standard InChI is InChI=1S/C23H27Cl2NO3.ClH/c1-2-28-23(27)19-4-3-13-26(16-19)14-15-29-22(17-5-9-20(24)10-6-17)18-7-11-21(25)12-8-18;/h5-12,19,22H,2-4,13-16H2,1H3;1H. The molecule has 0 N–H and O–H groups in total. The molecule has 0 amide bonds. The molecule has 1 unspecified atom stereocenters. The minimum absolute atomic E-state index is 0. The number of hydrogen-bond acceptors (Lipinski definition) is 4. The predicted molar refractivity (Wildman–Crippen MR) is 124 cm³/mol. The van der Waals surface area contributed by atoms with E-state index in [9.17, 15) is 4.79 Å². The number of ether oxygens (including phenoxy) is 2. The van der Waals surface area contributed by atoms with Crippen LogP contribution in [0.4, 0.5) is 0 Å². The molecule has 3 rings (SSSR count). The second-order valence-electron chi connectivity index (χ2n) is 7.25. The van der Waals surface area contributed by atoms with Crippen molar-refractivity contribution in [1.82, 2.24) is 4.90 Å². The van der Waals surface area contributed by atoms with Crippen LogP contribution < -0.4 is 0 Å². The molecule has 2 aromatic carbocycles. The molecule has 0 aliphatic carbocycles. The summed E-state index contributed by atoms with van der Waals surface area (Å²) in [4.78, 5) is 14.3. The molecule has 0 spiro atoms. The number of likely N-dealkylation sites (tertiary alicyclic amines) is 1. The lowest BCUT2D eigenvalue weighted by atomic mass is 9.98. The van der Waals surface area contributed by atoms with E-state index in [1.165, 1.54) is 0 Å². The third kappa shape index (κ3) is 7.14. The Morgan fingerprint density at radius 3 is 2.17 bits per heavy atom. The van der Waals surface area contributed by atoms with Crippen molar-refractivity contribution in [3.05, 3.63) is 69.7 Å². The van der Waals surface area contributed by atoms with Crippen LogP contribution in [0.15, 0.2) is 48.5 Å². The first-order chi connectivity index (χ1) is 14.1. The van der Waals surface area contributed by atoms with Gasteiger partial charge in [-0.2, -0.15) is 0 Å². The monoisotopic (exact) mass is 471 g/mol. The average molecular weight is 473 g/mol. The number of piperidine rings is 1. The highest BCUT2D eigenvalue weighted by Crippen LogP contribution is 2.28. The minimum atomic E-state index is -0.199. The molecular weight excluding hydrogens is 445 g/mol. The van der Waals surface area contributed by atoms with Crippen molar-refractivity contribution in [2.75, 3.05) is 32.8 Å². The van der Waals surface area contributed by atoms with E-state index in [4.69, 9.17) is 32.7 Å². The first-order valence-electron chi connectivity index (χ1n) is 10.1. The van der Waals surface area contributed by atoms with Crippen molar-refractivity contribution < 1.29 is 14.3 Å². The lowest BCUT2D eigenvalue weighted by Crippen LogP contribution is -2.41. The molecule has 30 heavy (non-hydrogen) atoms. The van der Waals surface area contributed by atoms with Crippen LogP contribution in [0.5, 0.6) is 0 Å². The maximum absolute atomic E-state index is 12.0. The molecule has 0 saturated carbocycles. The van der Waals surface area contributed by atoms with Gasteiger partial charge in [0.1, 0.15) is 6.10 Å². The van der Waals surface area contributed by atoms with E-state index < -0.39 is 0 Å². The first-order valence-corrected chi connectivity index (χ1v) is 10.8. The second-order valence-corrected chi connectivity index (χ2v) is 8.12. The van der Waals surface area contributed by atoms with Crippen molar-refractivity contribution in [2.45, 2.75) is 25.9 Å². The Balaban J connectivity index is 0.00000320.